The number of rotatable bonds is 2. The topological polar surface area (TPSA) is 41.6 Å². The number of aromatic nitrogens is 3. The van der Waals surface area contributed by atoms with Crippen LogP contribution in [0.15, 0.2) is 48.5 Å². The number of H-pyrrole nitrogens is 1. The Balaban J connectivity index is 1.95. The van der Waals surface area contributed by atoms with E-state index in [1.807, 2.05) is 31.2 Å². The van der Waals surface area contributed by atoms with E-state index in [1.165, 1.54) is 5.56 Å². The molecule has 3 aromatic rings. The number of aryl methyl sites for hydroxylation is 1. The van der Waals surface area contributed by atoms with Gasteiger partial charge < -0.3 is 0 Å². The summed E-state index contributed by atoms with van der Waals surface area (Å²) in [6.45, 7) is 8.66. The van der Waals surface area contributed by atoms with Crippen molar-refractivity contribution in [3.63, 3.8) is 0 Å². The quantitative estimate of drug-likeness (QED) is 0.740. The van der Waals surface area contributed by atoms with Crippen molar-refractivity contribution in [3.8, 4) is 22.6 Å². The first-order valence-electron chi connectivity index (χ1n) is 7.54. The average molecular weight is 291 g/mol. The van der Waals surface area contributed by atoms with Crippen molar-refractivity contribution in [1.82, 2.24) is 15.2 Å². The van der Waals surface area contributed by atoms with Crippen LogP contribution in [0.2, 0.25) is 0 Å². The van der Waals surface area contributed by atoms with Crippen LogP contribution in [0.25, 0.3) is 22.6 Å². The molecular formula is C19H21N3. The molecule has 0 aliphatic carbocycles. The van der Waals surface area contributed by atoms with Crippen LogP contribution in [0.4, 0.5) is 0 Å². The molecule has 1 N–H and O–H groups in total. The Morgan fingerprint density at radius 1 is 0.864 bits per heavy atom. The summed E-state index contributed by atoms with van der Waals surface area (Å²) in [5.74, 6) is 0. The van der Waals surface area contributed by atoms with E-state index in [4.69, 9.17) is 4.98 Å². The maximum atomic E-state index is 4.74. The zero-order valence-corrected chi connectivity index (χ0v) is 13.5. The van der Waals surface area contributed by atoms with Crippen molar-refractivity contribution in [2.24, 2.45) is 0 Å². The van der Waals surface area contributed by atoms with E-state index in [9.17, 15) is 0 Å². The molecule has 22 heavy (non-hydrogen) atoms. The summed E-state index contributed by atoms with van der Waals surface area (Å²) in [5, 5.41) is 7.24. The minimum atomic E-state index is 0.167. The minimum absolute atomic E-state index is 0.167. The van der Waals surface area contributed by atoms with Crippen LogP contribution in [0, 0.1) is 6.92 Å². The molecule has 1 aromatic carbocycles. The first kappa shape index (κ1) is 14.5. The van der Waals surface area contributed by atoms with Gasteiger partial charge in [0.2, 0.25) is 0 Å². The molecule has 0 spiro atoms. The smallest absolute Gasteiger partial charge is 0.111 e. The number of pyridine rings is 1. The molecule has 0 bridgehead atoms. The Morgan fingerprint density at radius 3 is 2.14 bits per heavy atom. The third-order valence-electron chi connectivity index (χ3n) is 3.76. The summed E-state index contributed by atoms with van der Waals surface area (Å²) < 4.78 is 0. The van der Waals surface area contributed by atoms with Gasteiger partial charge in [-0.1, -0.05) is 51.1 Å². The molecule has 2 aromatic heterocycles. The second-order valence-electron chi connectivity index (χ2n) is 6.67. The number of nitrogens with zero attached hydrogens (tertiary/aromatic N) is 2. The van der Waals surface area contributed by atoms with Gasteiger partial charge in [-0.05, 0) is 36.1 Å². The molecule has 112 valence electrons. The Hall–Kier alpha value is -2.42. The van der Waals surface area contributed by atoms with Gasteiger partial charge in [0.15, 0.2) is 0 Å². The molecule has 0 fully saturated rings. The fourth-order valence-corrected chi connectivity index (χ4v) is 2.43. The van der Waals surface area contributed by atoms with E-state index < -0.39 is 0 Å². The Bertz CT molecular complexity index is 777. The molecule has 0 unspecified atom stereocenters. The molecule has 0 radical (unpaired) electrons. The summed E-state index contributed by atoms with van der Waals surface area (Å²) in [6, 6.07) is 16.7. The van der Waals surface area contributed by atoms with E-state index in [1.54, 1.807) is 0 Å². The summed E-state index contributed by atoms with van der Waals surface area (Å²) in [6.07, 6.45) is 0. The predicted molar refractivity (Wildman–Crippen MR) is 90.7 cm³/mol. The summed E-state index contributed by atoms with van der Waals surface area (Å²) in [5.41, 5.74) is 6.40. The van der Waals surface area contributed by atoms with Crippen LogP contribution < -0.4 is 0 Å². The van der Waals surface area contributed by atoms with Gasteiger partial charge in [0.1, 0.15) is 5.69 Å². The highest BCUT2D eigenvalue weighted by atomic mass is 15.1. The minimum Gasteiger partial charge on any atom is -0.282 e. The van der Waals surface area contributed by atoms with E-state index in [0.29, 0.717) is 0 Å². The number of hydrogen-bond donors (Lipinski definition) is 1. The van der Waals surface area contributed by atoms with Gasteiger partial charge in [0, 0.05) is 11.3 Å². The van der Waals surface area contributed by atoms with E-state index >= 15 is 0 Å². The molecule has 3 heteroatoms. The fraction of sp³-hybridized carbons (Fsp3) is 0.263. The van der Waals surface area contributed by atoms with Crippen LogP contribution >= 0.6 is 0 Å². The molecule has 0 amide bonds. The highest BCUT2D eigenvalue weighted by Crippen LogP contribution is 2.26. The lowest BCUT2D eigenvalue weighted by Gasteiger charge is -2.19. The molecule has 0 aliphatic heterocycles. The van der Waals surface area contributed by atoms with Gasteiger partial charge in [0.25, 0.3) is 0 Å². The maximum absolute atomic E-state index is 4.74. The van der Waals surface area contributed by atoms with Crippen molar-refractivity contribution >= 4 is 0 Å². The van der Waals surface area contributed by atoms with Crippen LogP contribution in [-0.4, -0.2) is 15.2 Å². The largest absolute Gasteiger partial charge is 0.282 e. The van der Waals surface area contributed by atoms with Crippen molar-refractivity contribution in [1.29, 1.82) is 0 Å². The maximum Gasteiger partial charge on any atom is 0.111 e. The third-order valence-corrected chi connectivity index (χ3v) is 3.76. The molecule has 0 saturated carbocycles. The lowest BCUT2D eigenvalue weighted by molar-refractivity contribution is 0.590. The van der Waals surface area contributed by atoms with Crippen molar-refractivity contribution in [2.75, 3.05) is 0 Å². The Kier molecular flexibility index (Phi) is 3.57. The molecule has 2 heterocycles. The predicted octanol–water partition coefficient (Wildman–Crippen LogP) is 4.74. The number of aromatic amines is 1. The highest BCUT2D eigenvalue weighted by Gasteiger charge is 2.13. The molecule has 0 atom stereocenters. The number of nitrogens with one attached hydrogen (secondary N) is 1. The van der Waals surface area contributed by atoms with Crippen molar-refractivity contribution < 1.29 is 0 Å². The van der Waals surface area contributed by atoms with Crippen molar-refractivity contribution in [3.05, 3.63) is 59.8 Å². The van der Waals surface area contributed by atoms with Gasteiger partial charge in [-0.3, -0.25) is 5.10 Å². The first-order valence-corrected chi connectivity index (χ1v) is 7.54. The average Bonchev–Trinajstić information content (AvgIpc) is 2.93. The number of hydrogen-bond acceptors (Lipinski definition) is 2. The number of benzene rings is 1. The van der Waals surface area contributed by atoms with Crippen molar-refractivity contribution in [2.45, 2.75) is 33.1 Å². The van der Waals surface area contributed by atoms with Gasteiger partial charge in [-0.15, -0.1) is 0 Å². The normalized spacial score (nSPS) is 11.6. The molecule has 3 nitrogen and oxygen atoms in total. The third kappa shape index (κ3) is 2.93. The van der Waals surface area contributed by atoms with Crippen LogP contribution in [-0.2, 0) is 5.41 Å². The van der Waals surface area contributed by atoms with Gasteiger partial charge in [-0.25, -0.2) is 4.98 Å². The van der Waals surface area contributed by atoms with E-state index in [0.717, 1.165) is 28.3 Å². The standard InChI is InChI=1S/C19H21N3/c1-13-12-18(22-21-13)17-7-5-6-16(20-17)14-8-10-15(11-9-14)19(2,3)4/h5-12H,1-4H3,(H,21,22). The van der Waals surface area contributed by atoms with Crippen LogP contribution in [0.3, 0.4) is 0 Å². The Morgan fingerprint density at radius 2 is 1.55 bits per heavy atom. The van der Waals surface area contributed by atoms with E-state index in [2.05, 4.69) is 55.2 Å². The zero-order valence-electron chi connectivity index (χ0n) is 13.5. The monoisotopic (exact) mass is 291 g/mol. The zero-order chi connectivity index (χ0) is 15.7. The van der Waals surface area contributed by atoms with E-state index in [-0.39, 0.29) is 5.41 Å². The SMILES string of the molecule is Cc1cc(-c2cccc(-c3ccc(C(C)(C)C)cc3)n2)n[nH]1. The van der Waals surface area contributed by atoms with Gasteiger partial charge in [0.05, 0.1) is 11.4 Å². The van der Waals surface area contributed by atoms with Gasteiger partial charge >= 0.3 is 0 Å². The molecular weight excluding hydrogens is 270 g/mol. The summed E-state index contributed by atoms with van der Waals surface area (Å²) in [4.78, 5) is 4.74. The second kappa shape index (κ2) is 5.41. The lowest BCUT2D eigenvalue weighted by atomic mass is 9.86. The summed E-state index contributed by atoms with van der Waals surface area (Å²) >= 11 is 0. The fourth-order valence-electron chi connectivity index (χ4n) is 2.43. The van der Waals surface area contributed by atoms with Crippen LogP contribution in [0.5, 0.6) is 0 Å². The summed E-state index contributed by atoms with van der Waals surface area (Å²) in [7, 11) is 0. The van der Waals surface area contributed by atoms with Gasteiger partial charge in [-0.2, -0.15) is 5.10 Å². The molecule has 0 aliphatic rings. The molecule has 3 rings (SSSR count). The highest BCUT2D eigenvalue weighted by molar-refractivity contribution is 5.64. The molecule has 0 saturated heterocycles. The lowest BCUT2D eigenvalue weighted by Crippen LogP contribution is -2.10. The first-order chi connectivity index (χ1) is 10.4. The Labute approximate surface area is 131 Å². The second-order valence-corrected chi connectivity index (χ2v) is 6.67. The van der Waals surface area contributed by atoms with Crippen LogP contribution in [0.1, 0.15) is 32.0 Å².